The first-order valence-corrected chi connectivity index (χ1v) is 4.99. The molecule has 1 N–H and O–H groups in total. The van der Waals surface area contributed by atoms with Gasteiger partial charge in [-0.15, -0.1) is 0 Å². The van der Waals surface area contributed by atoms with Crippen molar-refractivity contribution in [2.75, 3.05) is 0 Å². The number of carbonyl (C=O) groups is 1. The SMILES string of the molecule is CC(C)Oc1cc(C(=O)O)cc2occc12. The lowest BCUT2D eigenvalue weighted by molar-refractivity contribution is 0.0696. The highest BCUT2D eigenvalue weighted by Crippen LogP contribution is 2.29. The van der Waals surface area contributed by atoms with Crippen molar-refractivity contribution in [3.05, 3.63) is 30.0 Å². The second-order valence-corrected chi connectivity index (χ2v) is 3.78. The molecule has 4 heteroatoms. The van der Waals surface area contributed by atoms with Gasteiger partial charge in [-0.3, -0.25) is 0 Å². The molecule has 2 rings (SSSR count). The number of hydrogen-bond acceptors (Lipinski definition) is 3. The number of ether oxygens (including phenoxy) is 1. The van der Waals surface area contributed by atoms with Crippen molar-refractivity contribution in [1.29, 1.82) is 0 Å². The van der Waals surface area contributed by atoms with E-state index in [1.807, 2.05) is 13.8 Å². The van der Waals surface area contributed by atoms with Crippen molar-refractivity contribution in [3.63, 3.8) is 0 Å². The van der Waals surface area contributed by atoms with Gasteiger partial charge in [0.2, 0.25) is 0 Å². The lowest BCUT2D eigenvalue weighted by Gasteiger charge is -2.11. The summed E-state index contributed by atoms with van der Waals surface area (Å²) in [6, 6.07) is 4.77. The Bertz CT molecular complexity index is 525. The summed E-state index contributed by atoms with van der Waals surface area (Å²) < 4.78 is 10.7. The smallest absolute Gasteiger partial charge is 0.335 e. The molecule has 0 saturated heterocycles. The Balaban J connectivity index is 2.59. The molecule has 0 aliphatic heterocycles. The summed E-state index contributed by atoms with van der Waals surface area (Å²) in [6.45, 7) is 3.78. The molecule has 0 saturated carbocycles. The molecule has 0 aliphatic rings. The molecule has 0 amide bonds. The van der Waals surface area contributed by atoms with Crippen molar-refractivity contribution in [2.45, 2.75) is 20.0 Å². The third-order valence-corrected chi connectivity index (χ3v) is 2.14. The molecule has 0 fully saturated rings. The van der Waals surface area contributed by atoms with E-state index in [1.165, 1.54) is 18.4 Å². The number of hydrogen-bond donors (Lipinski definition) is 1. The van der Waals surface area contributed by atoms with Gasteiger partial charge in [-0.25, -0.2) is 4.79 Å². The van der Waals surface area contributed by atoms with Gasteiger partial charge in [0, 0.05) is 0 Å². The minimum Gasteiger partial charge on any atom is -0.490 e. The highest BCUT2D eigenvalue weighted by atomic mass is 16.5. The van der Waals surface area contributed by atoms with Crippen LogP contribution in [-0.4, -0.2) is 17.2 Å². The maximum absolute atomic E-state index is 10.9. The minimum atomic E-state index is -0.994. The Labute approximate surface area is 92.4 Å². The van der Waals surface area contributed by atoms with Gasteiger partial charge in [-0.05, 0) is 32.0 Å². The van der Waals surface area contributed by atoms with Crippen LogP contribution < -0.4 is 4.74 Å². The number of benzene rings is 1. The molecule has 1 aromatic carbocycles. The van der Waals surface area contributed by atoms with E-state index < -0.39 is 5.97 Å². The normalized spacial score (nSPS) is 10.9. The Morgan fingerprint density at radius 2 is 2.19 bits per heavy atom. The zero-order chi connectivity index (χ0) is 11.7. The first-order valence-electron chi connectivity index (χ1n) is 4.99. The number of fused-ring (bicyclic) bond motifs is 1. The Hall–Kier alpha value is -1.97. The number of carboxylic acids is 1. The number of carboxylic acid groups (broad SMARTS) is 1. The molecule has 16 heavy (non-hydrogen) atoms. The van der Waals surface area contributed by atoms with E-state index in [4.69, 9.17) is 14.3 Å². The Morgan fingerprint density at radius 3 is 2.81 bits per heavy atom. The van der Waals surface area contributed by atoms with E-state index in [1.54, 1.807) is 6.07 Å². The fraction of sp³-hybridized carbons (Fsp3) is 0.250. The van der Waals surface area contributed by atoms with E-state index in [2.05, 4.69) is 0 Å². The quantitative estimate of drug-likeness (QED) is 0.863. The molecular formula is C12H12O4. The first kappa shape index (κ1) is 10.5. The van der Waals surface area contributed by atoms with Gasteiger partial charge < -0.3 is 14.3 Å². The maximum Gasteiger partial charge on any atom is 0.335 e. The van der Waals surface area contributed by atoms with E-state index >= 15 is 0 Å². The lowest BCUT2D eigenvalue weighted by Crippen LogP contribution is -2.07. The molecule has 84 valence electrons. The summed E-state index contributed by atoms with van der Waals surface area (Å²) in [5.74, 6) is -0.453. The van der Waals surface area contributed by atoms with E-state index in [-0.39, 0.29) is 11.7 Å². The molecule has 1 heterocycles. The average molecular weight is 220 g/mol. The summed E-state index contributed by atoms with van der Waals surface area (Å²) in [6.07, 6.45) is 1.51. The third kappa shape index (κ3) is 1.86. The maximum atomic E-state index is 10.9. The van der Waals surface area contributed by atoms with Crippen LogP contribution in [0.25, 0.3) is 11.0 Å². The number of aromatic carboxylic acids is 1. The summed E-state index contributed by atoms with van der Waals surface area (Å²) in [7, 11) is 0. The fourth-order valence-electron chi connectivity index (χ4n) is 1.51. The molecule has 0 atom stereocenters. The summed E-state index contributed by atoms with van der Waals surface area (Å²) in [5.41, 5.74) is 0.689. The summed E-state index contributed by atoms with van der Waals surface area (Å²) >= 11 is 0. The van der Waals surface area contributed by atoms with Crippen molar-refractivity contribution in [3.8, 4) is 5.75 Å². The third-order valence-electron chi connectivity index (χ3n) is 2.14. The minimum absolute atomic E-state index is 0.0119. The molecule has 0 unspecified atom stereocenters. The standard InChI is InChI=1S/C12H12O4/c1-7(2)16-11-6-8(12(13)14)5-10-9(11)3-4-15-10/h3-7H,1-2H3,(H,13,14). The predicted molar refractivity (Wildman–Crippen MR) is 58.9 cm³/mol. The molecule has 0 bridgehead atoms. The zero-order valence-electron chi connectivity index (χ0n) is 9.06. The monoisotopic (exact) mass is 220 g/mol. The largest absolute Gasteiger partial charge is 0.490 e. The van der Waals surface area contributed by atoms with E-state index in [0.29, 0.717) is 11.3 Å². The van der Waals surface area contributed by atoms with Crippen LogP contribution in [0.1, 0.15) is 24.2 Å². The van der Waals surface area contributed by atoms with Gasteiger partial charge >= 0.3 is 5.97 Å². The van der Waals surface area contributed by atoms with Gasteiger partial charge in [0.25, 0.3) is 0 Å². The Morgan fingerprint density at radius 1 is 1.44 bits per heavy atom. The molecule has 0 spiro atoms. The summed E-state index contributed by atoms with van der Waals surface area (Å²) in [5, 5.41) is 9.73. The average Bonchev–Trinajstić information content (AvgIpc) is 2.64. The van der Waals surface area contributed by atoms with Crippen LogP contribution in [-0.2, 0) is 0 Å². The van der Waals surface area contributed by atoms with Gasteiger partial charge in [-0.1, -0.05) is 0 Å². The highest BCUT2D eigenvalue weighted by Gasteiger charge is 2.12. The van der Waals surface area contributed by atoms with Crippen LogP contribution in [0.2, 0.25) is 0 Å². The second kappa shape index (κ2) is 3.89. The van der Waals surface area contributed by atoms with Gasteiger partial charge in [0.1, 0.15) is 11.3 Å². The van der Waals surface area contributed by atoms with Crippen molar-refractivity contribution in [1.82, 2.24) is 0 Å². The van der Waals surface area contributed by atoms with Gasteiger partial charge in [0.05, 0.1) is 23.3 Å². The molecule has 0 radical (unpaired) electrons. The first-order chi connectivity index (χ1) is 7.58. The topological polar surface area (TPSA) is 59.7 Å². The van der Waals surface area contributed by atoms with Crippen molar-refractivity contribution < 1.29 is 19.1 Å². The predicted octanol–water partition coefficient (Wildman–Crippen LogP) is 2.92. The highest BCUT2D eigenvalue weighted by molar-refractivity contribution is 5.95. The second-order valence-electron chi connectivity index (χ2n) is 3.78. The fourth-order valence-corrected chi connectivity index (χ4v) is 1.51. The van der Waals surface area contributed by atoms with Crippen molar-refractivity contribution in [2.24, 2.45) is 0 Å². The lowest BCUT2D eigenvalue weighted by atomic mass is 10.1. The molecule has 4 nitrogen and oxygen atoms in total. The Kier molecular flexibility index (Phi) is 2.56. The van der Waals surface area contributed by atoms with Crippen LogP contribution >= 0.6 is 0 Å². The van der Waals surface area contributed by atoms with Gasteiger partial charge in [0.15, 0.2) is 0 Å². The van der Waals surface area contributed by atoms with Gasteiger partial charge in [-0.2, -0.15) is 0 Å². The van der Waals surface area contributed by atoms with Crippen molar-refractivity contribution >= 4 is 16.9 Å². The molecule has 0 aliphatic carbocycles. The molecule has 2 aromatic rings. The van der Waals surface area contributed by atoms with Crippen LogP contribution in [0, 0.1) is 0 Å². The summed E-state index contributed by atoms with van der Waals surface area (Å²) in [4.78, 5) is 10.9. The van der Waals surface area contributed by atoms with E-state index in [9.17, 15) is 4.79 Å². The molecule has 1 aromatic heterocycles. The van der Waals surface area contributed by atoms with Crippen LogP contribution in [0.3, 0.4) is 0 Å². The van der Waals surface area contributed by atoms with E-state index in [0.717, 1.165) is 5.39 Å². The zero-order valence-corrected chi connectivity index (χ0v) is 9.06. The molecular weight excluding hydrogens is 208 g/mol. The van der Waals surface area contributed by atoms with Crippen LogP contribution in [0.15, 0.2) is 28.9 Å². The number of rotatable bonds is 3. The number of furan rings is 1. The van der Waals surface area contributed by atoms with Crippen LogP contribution in [0.5, 0.6) is 5.75 Å². The van der Waals surface area contributed by atoms with Crippen LogP contribution in [0.4, 0.5) is 0 Å².